The van der Waals surface area contributed by atoms with Gasteiger partial charge in [0.25, 0.3) is 0 Å². The predicted octanol–water partition coefficient (Wildman–Crippen LogP) is -0.752. The van der Waals surface area contributed by atoms with Crippen LogP contribution in [0.2, 0.25) is 0 Å². The van der Waals surface area contributed by atoms with Gasteiger partial charge < -0.3 is 10.6 Å². The molecule has 0 saturated carbocycles. The lowest BCUT2D eigenvalue weighted by atomic mass is 10.1. The first-order valence-electron chi connectivity index (χ1n) is 6.27. The largest absolute Gasteiger partial charge is 0.358 e. The highest BCUT2D eigenvalue weighted by Crippen LogP contribution is 2.11. The highest BCUT2D eigenvalue weighted by atomic mass is 16.2. The maximum absolute atomic E-state index is 11.8. The first-order valence-corrected chi connectivity index (χ1v) is 6.27. The van der Waals surface area contributed by atoms with Crippen LogP contribution in [0.4, 0.5) is 0 Å². The van der Waals surface area contributed by atoms with E-state index in [9.17, 15) is 4.79 Å². The summed E-state index contributed by atoms with van der Waals surface area (Å²) >= 11 is 0. The molecule has 6 heteroatoms. The number of nitrogens with one attached hydrogen (secondary N) is 2. The lowest BCUT2D eigenvalue weighted by Gasteiger charge is -2.34. The van der Waals surface area contributed by atoms with Crippen molar-refractivity contribution in [2.75, 3.05) is 26.7 Å². The van der Waals surface area contributed by atoms with Crippen molar-refractivity contribution in [2.24, 2.45) is 7.05 Å². The first-order chi connectivity index (χ1) is 8.61. The number of rotatable bonds is 3. The number of hydrogen-bond donors (Lipinski definition) is 2. The van der Waals surface area contributed by atoms with Gasteiger partial charge in [0.2, 0.25) is 5.91 Å². The molecule has 1 aromatic rings. The Balaban J connectivity index is 2.10. The van der Waals surface area contributed by atoms with E-state index < -0.39 is 0 Å². The van der Waals surface area contributed by atoms with Gasteiger partial charge in [-0.2, -0.15) is 5.10 Å². The highest BCUT2D eigenvalue weighted by Gasteiger charge is 2.28. The Kier molecular flexibility index (Phi) is 3.98. The molecule has 0 bridgehead atoms. The van der Waals surface area contributed by atoms with Gasteiger partial charge in [-0.1, -0.05) is 0 Å². The summed E-state index contributed by atoms with van der Waals surface area (Å²) in [5, 5.41) is 10.3. The smallest absolute Gasteiger partial charge is 0.238 e. The molecule has 1 unspecified atom stereocenters. The molecule has 18 heavy (non-hydrogen) atoms. The predicted molar refractivity (Wildman–Crippen MR) is 69.1 cm³/mol. The van der Waals surface area contributed by atoms with Gasteiger partial charge in [0.05, 0.1) is 11.4 Å². The van der Waals surface area contributed by atoms with Crippen LogP contribution in [0.3, 0.4) is 0 Å². The summed E-state index contributed by atoms with van der Waals surface area (Å²) in [7, 11) is 3.63. The van der Waals surface area contributed by atoms with E-state index in [2.05, 4.69) is 26.7 Å². The molecule has 100 valence electrons. The molecule has 1 atom stereocenters. The Morgan fingerprint density at radius 1 is 1.67 bits per heavy atom. The number of carbonyl (C=O) groups is 1. The second-order valence-corrected chi connectivity index (χ2v) is 4.71. The van der Waals surface area contributed by atoms with Crippen molar-refractivity contribution in [3.05, 3.63) is 17.5 Å². The molecule has 0 aromatic carbocycles. The van der Waals surface area contributed by atoms with Crippen molar-refractivity contribution in [3.63, 3.8) is 0 Å². The van der Waals surface area contributed by atoms with Crippen LogP contribution >= 0.6 is 0 Å². The molecule has 1 amide bonds. The minimum Gasteiger partial charge on any atom is -0.358 e. The fraction of sp³-hybridized carbons (Fsp3) is 0.667. The van der Waals surface area contributed by atoms with E-state index in [0.717, 1.165) is 31.0 Å². The molecule has 2 heterocycles. The van der Waals surface area contributed by atoms with E-state index in [4.69, 9.17) is 0 Å². The second-order valence-electron chi connectivity index (χ2n) is 4.71. The quantitative estimate of drug-likeness (QED) is 0.742. The summed E-state index contributed by atoms with van der Waals surface area (Å²) in [6.45, 7) is 5.25. The fourth-order valence-electron chi connectivity index (χ4n) is 2.38. The van der Waals surface area contributed by atoms with Gasteiger partial charge in [0, 0.05) is 40.3 Å². The first kappa shape index (κ1) is 13.0. The molecule has 6 nitrogen and oxygen atoms in total. The number of likely N-dealkylation sites (N-methyl/N-ethyl adjacent to an activating group) is 1. The monoisotopic (exact) mass is 251 g/mol. The van der Waals surface area contributed by atoms with Crippen LogP contribution in [0.5, 0.6) is 0 Å². The Labute approximate surface area is 107 Å². The van der Waals surface area contributed by atoms with E-state index in [0.29, 0.717) is 6.54 Å². The third-order valence-electron chi connectivity index (χ3n) is 3.37. The van der Waals surface area contributed by atoms with Crippen molar-refractivity contribution < 1.29 is 4.79 Å². The van der Waals surface area contributed by atoms with Crippen LogP contribution in [-0.2, 0) is 18.4 Å². The average molecular weight is 251 g/mol. The molecule has 1 aliphatic heterocycles. The average Bonchev–Trinajstić information content (AvgIpc) is 2.67. The normalized spacial score (nSPS) is 20.9. The van der Waals surface area contributed by atoms with Gasteiger partial charge in [0.1, 0.15) is 6.04 Å². The molecule has 0 spiro atoms. The van der Waals surface area contributed by atoms with E-state index >= 15 is 0 Å². The van der Waals surface area contributed by atoms with E-state index in [1.807, 2.05) is 18.7 Å². The molecular formula is C12H21N5O. The number of hydrogen-bond acceptors (Lipinski definition) is 4. The summed E-state index contributed by atoms with van der Waals surface area (Å²) < 4.78 is 1.89. The molecule has 1 fully saturated rings. The van der Waals surface area contributed by atoms with Gasteiger partial charge in [-0.05, 0) is 13.0 Å². The third kappa shape index (κ3) is 2.70. The Hall–Kier alpha value is -1.40. The number of nitrogens with zero attached hydrogens (tertiary/aromatic N) is 3. The zero-order valence-corrected chi connectivity index (χ0v) is 11.2. The van der Waals surface area contributed by atoms with Crippen molar-refractivity contribution in [1.29, 1.82) is 0 Å². The van der Waals surface area contributed by atoms with Crippen molar-refractivity contribution >= 4 is 5.91 Å². The number of aromatic nitrogens is 2. The minimum absolute atomic E-state index is 0.0705. The minimum atomic E-state index is -0.0982. The van der Waals surface area contributed by atoms with E-state index in [1.165, 1.54) is 0 Å². The maximum Gasteiger partial charge on any atom is 0.238 e. The summed E-state index contributed by atoms with van der Waals surface area (Å²) in [6, 6.07) is 1.97. The SMILES string of the molecule is CNC(=O)C1CNCCN1Cc1cc(C)nn1C. The van der Waals surface area contributed by atoms with Crippen molar-refractivity contribution in [3.8, 4) is 0 Å². The summed E-state index contributed by atoms with van der Waals surface area (Å²) in [5.41, 5.74) is 2.16. The lowest BCUT2D eigenvalue weighted by Crippen LogP contribution is -2.57. The molecule has 2 rings (SSSR count). The van der Waals surface area contributed by atoms with E-state index in [1.54, 1.807) is 7.05 Å². The number of amides is 1. The van der Waals surface area contributed by atoms with Gasteiger partial charge in [-0.25, -0.2) is 0 Å². The zero-order chi connectivity index (χ0) is 13.1. The van der Waals surface area contributed by atoms with E-state index in [-0.39, 0.29) is 11.9 Å². The summed E-state index contributed by atoms with van der Waals surface area (Å²) in [5.74, 6) is 0.0705. The summed E-state index contributed by atoms with van der Waals surface area (Å²) in [6.07, 6.45) is 0. The molecule has 0 aliphatic carbocycles. The molecule has 0 radical (unpaired) electrons. The molecule has 1 saturated heterocycles. The van der Waals surface area contributed by atoms with Gasteiger partial charge >= 0.3 is 0 Å². The molecule has 1 aliphatic rings. The maximum atomic E-state index is 11.8. The molecule has 2 N–H and O–H groups in total. The van der Waals surface area contributed by atoms with Crippen LogP contribution < -0.4 is 10.6 Å². The van der Waals surface area contributed by atoms with Crippen molar-refractivity contribution in [2.45, 2.75) is 19.5 Å². The van der Waals surface area contributed by atoms with Crippen LogP contribution in [0.15, 0.2) is 6.07 Å². The zero-order valence-electron chi connectivity index (χ0n) is 11.2. The van der Waals surface area contributed by atoms with Gasteiger partial charge in [0.15, 0.2) is 0 Å². The van der Waals surface area contributed by atoms with Gasteiger partial charge in [-0.15, -0.1) is 0 Å². The topological polar surface area (TPSA) is 62.2 Å². The van der Waals surface area contributed by atoms with Crippen LogP contribution in [-0.4, -0.2) is 53.3 Å². The Morgan fingerprint density at radius 3 is 3.06 bits per heavy atom. The van der Waals surface area contributed by atoms with Crippen LogP contribution in [0.25, 0.3) is 0 Å². The summed E-state index contributed by atoms with van der Waals surface area (Å²) in [4.78, 5) is 14.0. The molecular weight excluding hydrogens is 230 g/mol. The second kappa shape index (κ2) is 5.49. The number of carbonyl (C=O) groups excluding carboxylic acids is 1. The third-order valence-corrected chi connectivity index (χ3v) is 3.37. The lowest BCUT2D eigenvalue weighted by molar-refractivity contribution is -0.126. The highest BCUT2D eigenvalue weighted by molar-refractivity contribution is 5.81. The standard InChI is InChI=1S/C12H21N5O/c1-9-6-10(16(3)15-9)8-17-5-4-14-7-11(17)12(18)13-2/h6,11,14H,4-5,7-8H2,1-3H3,(H,13,18). The Bertz CT molecular complexity index is 428. The molecule has 1 aromatic heterocycles. The van der Waals surface area contributed by atoms with Crippen LogP contribution in [0, 0.1) is 6.92 Å². The fourth-order valence-corrected chi connectivity index (χ4v) is 2.38. The number of aryl methyl sites for hydroxylation is 2. The van der Waals surface area contributed by atoms with Crippen molar-refractivity contribution in [1.82, 2.24) is 25.3 Å². The van der Waals surface area contributed by atoms with Gasteiger partial charge in [-0.3, -0.25) is 14.4 Å². The number of piperazine rings is 1. The Morgan fingerprint density at radius 2 is 2.44 bits per heavy atom. The van der Waals surface area contributed by atoms with Crippen LogP contribution in [0.1, 0.15) is 11.4 Å².